The van der Waals surface area contributed by atoms with Crippen LogP contribution >= 0.6 is 35.2 Å². The van der Waals surface area contributed by atoms with Crippen LogP contribution in [0.5, 0.6) is 0 Å². The number of aliphatic hydroxyl groups is 2. The molecule has 2 aromatic rings. The van der Waals surface area contributed by atoms with Gasteiger partial charge in [0.1, 0.15) is 36.3 Å². The molecule has 7 atom stereocenters. The molecule has 30 heteroatoms. The molecule has 1 fully saturated rings. The first kappa shape index (κ1) is 50.9. The molecule has 11 N–H and O–H groups in total. The fraction of sp³-hybridized carbons (Fsp3) is 0.567. The van der Waals surface area contributed by atoms with Gasteiger partial charge < -0.3 is 56.0 Å². The van der Waals surface area contributed by atoms with Gasteiger partial charge in [0.25, 0.3) is 0 Å². The van der Waals surface area contributed by atoms with Crippen molar-refractivity contribution in [1.29, 1.82) is 0 Å². The molecular weight excluding hydrogens is 887 g/mol. The number of anilines is 1. The number of nitrogens with zero attached hydrogens (tertiary/aromatic N) is 4. The summed E-state index contributed by atoms with van der Waals surface area (Å²) in [5.74, 6) is -2.29. The highest BCUT2D eigenvalue weighted by atomic mass is 32.2. The van der Waals surface area contributed by atoms with Gasteiger partial charge in [0.2, 0.25) is 11.8 Å². The topological polar surface area (TPSA) is 401 Å². The quantitative estimate of drug-likeness (QED) is 0.0272. The highest BCUT2D eigenvalue weighted by molar-refractivity contribution is 8.13. The molecule has 1 aliphatic heterocycles. The number of fused-ring (bicyclic) bond motifs is 1. The lowest BCUT2D eigenvalue weighted by Gasteiger charge is -2.30. The molecular formula is C30H46N7O19P3S. The van der Waals surface area contributed by atoms with Crippen molar-refractivity contribution in [2.24, 2.45) is 5.41 Å². The lowest BCUT2D eigenvalue weighted by atomic mass is 9.87. The molecule has 0 spiro atoms. The number of aliphatic carboxylic acids is 1. The number of phosphoric acid groups is 3. The zero-order valence-electron chi connectivity index (χ0n) is 31.9. The van der Waals surface area contributed by atoms with Gasteiger partial charge in [-0.3, -0.25) is 32.5 Å². The Bertz CT molecular complexity index is 2030. The van der Waals surface area contributed by atoms with E-state index in [-0.39, 0.29) is 48.0 Å². The number of carboxylic acids is 1. The summed E-state index contributed by atoms with van der Waals surface area (Å²) in [4.78, 5) is 98.0. The van der Waals surface area contributed by atoms with Crippen LogP contribution < -0.4 is 16.4 Å². The van der Waals surface area contributed by atoms with E-state index >= 15 is 0 Å². The molecule has 26 nitrogen and oxygen atoms in total. The van der Waals surface area contributed by atoms with Gasteiger partial charge in [0, 0.05) is 43.2 Å². The van der Waals surface area contributed by atoms with Crippen molar-refractivity contribution in [2.45, 2.75) is 70.2 Å². The minimum absolute atomic E-state index is 0.0218. The first-order valence-electron chi connectivity index (χ1n) is 17.5. The van der Waals surface area contributed by atoms with Crippen LogP contribution in [-0.4, -0.2) is 134 Å². The maximum absolute atomic E-state index is 12.7. The monoisotopic (exact) mass is 933 g/mol. The zero-order chi connectivity index (χ0) is 44.9. The number of imidazole rings is 1. The fourth-order valence-corrected chi connectivity index (χ4v) is 8.59. The number of carboxylic acid groups (broad SMARTS) is 1. The molecule has 0 aliphatic carbocycles. The van der Waals surface area contributed by atoms with Crippen molar-refractivity contribution in [2.75, 3.05) is 37.8 Å². The number of amides is 2. The summed E-state index contributed by atoms with van der Waals surface area (Å²) in [7, 11) is -16.4. The van der Waals surface area contributed by atoms with E-state index in [2.05, 4.69) is 34.4 Å². The summed E-state index contributed by atoms with van der Waals surface area (Å²) in [5, 5.41) is 34.8. The standard InChI is InChI=1S/C30H46N7O19P3S/c1-30(2,25(43)28(44)33-11-10-19(38)32-12-13-60-21(41)9-7-5-3-4-6-8-20(39)40)15-53-59(50,51)56-58(48,49)52-14-18-24(55-57(45,46)47)23(42)29(54-18)37-17-36-22-26(31)34-16-35-27(22)37/h3-4,6,8,16-18,23-25,29,42-43H,5,7,9-15H2,1-2H3,(H,32,38)(H,33,44)(H,39,40)(H,48,49)(H,50,51)(H2,31,34,35)(H2,45,46,47)/b4-3+,8-6+. The van der Waals surface area contributed by atoms with E-state index in [0.29, 0.717) is 18.6 Å². The van der Waals surface area contributed by atoms with Gasteiger partial charge in [-0.25, -0.2) is 33.4 Å². The first-order valence-corrected chi connectivity index (χ1v) is 23.0. The van der Waals surface area contributed by atoms with Gasteiger partial charge >= 0.3 is 29.4 Å². The van der Waals surface area contributed by atoms with Crippen molar-refractivity contribution in [3.63, 3.8) is 0 Å². The highest BCUT2D eigenvalue weighted by Crippen LogP contribution is 2.61. The van der Waals surface area contributed by atoms with Crippen LogP contribution in [0.3, 0.4) is 0 Å². The number of phosphoric ester groups is 3. The van der Waals surface area contributed by atoms with E-state index in [4.69, 9.17) is 24.6 Å². The van der Waals surface area contributed by atoms with Crippen molar-refractivity contribution in [3.05, 3.63) is 37.0 Å². The van der Waals surface area contributed by atoms with Crippen LogP contribution in [0.15, 0.2) is 37.0 Å². The number of thioether (sulfide) groups is 1. The first-order chi connectivity index (χ1) is 27.9. The van der Waals surface area contributed by atoms with E-state index in [9.17, 15) is 62.7 Å². The number of hydrogen-bond acceptors (Lipinski definition) is 19. The summed E-state index contributed by atoms with van der Waals surface area (Å²) in [6.07, 6.45) is 0.0525. The second kappa shape index (κ2) is 22.6. The molecule has 7 unspecified atom stereocenters. The smallest absolute Gasteiger partial charge is 0.478 e. The van der Waals surface area contributed by atoms with Crippen molar-refractivity contribution >= 4 is 75.1 Å². The number of carbonyl (C=O) groups excluding carboxylic acids is 3. The second-order valence-electron chi connectivity index (χ2n) is 13.3. The van der Waals surface area contributed by atoms with Gasteiger partial charge in [-0.15, -0.1) is 0 Å². The molecule has 0 radical (unpaired) electrons. The molecule has 1 saturated heterocycles. The van der Waals surface area contributed by atoms with E-state index in [1.54, 1.807) is 12.2 Å². The van der Waals surface area contributed by atoms with Crippen LogP contribution in [0.25, 0.3) is 11.2 Å². The Morgan fingerprint density at radius 3 is 2.42 bits per heavy atom. The fourth-order valence-electron chi connectivity index (χ4n) is 5.04. The summed E-state index contributed by atoms with van der Waals surface area (Å²) in [6.45, 7) is 0.353. The van der Waals surface area contributed by atoms with Crippen LogP contribution in [-0.2, 0) is 55.5 Å². The van der Waals surface area contributed by atoms with Crippen LogP contribution in [0.2, 0.25) is 0 Å². The largest absolute Gasteiger partial charge is 0.481 e. The third-order valence-electron chi connectivity index (χ3n) is 8.00. The number of nitrogens with two attached hydrogens (primary N) is 1. The number of nitrogen functional groups attached to an aromatic ring is 1. The molecule has 2 aromatic heterocycles. The van der Waals surface area contributed by atoms with Gasteiger partial charge in [0.05, 0.1) is 19.5 Å². The molecule has 1 aliphatic rings. The second-order valence-corrected chi connectivity index (χ2v) is 18.7. The molecule has 0 bridgehead atoms. The number of ether oxygens (including phenoxy) is 1. The Hall–Kier alpha value is -3.49. The van der Waals surface area contributed by atoms with Crippen molar-refractivity contribution < 1.29 is 90.4 Å². The molecule has 3 rings (SSSR count). The van der Waals surface area contributed by atoms with E-state index in [1.165, 1.54) is 19.9 Å². The van der Waals surface area contributed by atoms with Crippen molar-refractivity contribution in [1.82, 2.24) is 30.2 Å². The normalized spacial score (nSPS) is 21.2. The number of aliphatic hydroxyl groups excluding tert-OH is 2. The average Bonchev–Trinajstić information content (AvgIpc) is 3.70. The Morgan fingerprint density at radius 1 is 1.03 bits per heavy atom. The lowest BCUT2D eigenvalue weighted by Crippen LogP contribution is -2.46. The van der Waals surface area contributed by atoms with Gasteiger partial charge in [0.15, 0.2) is 22.8 Å². The van der Waals surface area contributed by atoms with E-state index < -0.39 is 90.5 Å². The third kappa shape index (κ3) is 16.8. The molecule has 60 heavy (non-hydrogen) atoms. The minimum atomic E-state index is -5.59. The highest BCUT2D eigenvalue weighted by Gasteiger charge is 2.50. The number of unbranched alkanes of at least 4 members (excludes halogenated alkanes) is 1. The van der Waals surface area contributed by atoms with Gasteiger partial charge in [-0.1, -0.05) is 43.8 Å². The zero-order valence-corrected chi connectivity index (χ0v) is 35.4. The molecule has 0 aromatic carbocycles. The van der Waals surface area contributed by atoms with Gasteiger partial charge in [-0.05, 0) is 12.8 Å². The Morgan fingerprint density at radius 2 is 1.73 bits per heavy atom. The predicted molar refractivity (Wildman–Crippen MR) is 207 cm³/mol. The van der Waals surface area contributed by atoms with Crippen LogP contribution in [0.1, 0.15) is 45.8 Å². The molecule has 336 valence electrons. The van der Waals surface area contributed by atoms with Gasteiger partial charge in [-0.2, -0.15) is 4.31 Å². The average molecular weight is 934 g/mol. The van der Waals surface area contributed by atoms with Crippen LogP contribution in [0.4, 0.5) is 5.82 Å². The maximum atomic E-state index is 12.7. The maximum Gasteiger partial charge on any atom is 0.481 e. The number of hydrogen-bond donors (Lipinski definition) is 10. The number of carbonyl (C=O) groups is 4. The Labute approximate surface area is 345 Å². The Balaban J connectivity index is 1.42. The minimum Gasteiger partial charge on any atom is -0.478 e. The Kier molecular flexibility index (Phi) is 19.1. The number of nitrogens with one attached hydrogen (secondary N) is 2. The SMILES string of the molecule is CC(C)(COP(=O)(O)OP(=O)(O)OCC1OC(n2cnc3c(N)ncnc32)C(O)C1OP(=O)(O)O)C(O)C(=O)NCCC(=O)NCCSC(=O)CCC/C=C/C=C/C(=O)O. The third-order valence-corrected chi connectivity index (χ3v) is 12.0. The predicted octanol–water partition coefficient (Wildman–Crippen LogP) is 0.0320. The molecule has 2 amide bonds. The van der Waals surface area contributed by atoms with Crippen LogP contribution in [0, 0.1) is 5.41 Å². The summed E-state index contributed by atoms with van der Waals surface area (Å²) >= 11 is 1.03. The number of aromatic nitrogens is 4. The number of allylic oxidation sites excluding steroid dienone is 3. The lowest BCUT2D eigenvalue weighted by molar-refractivity contribution is -0.137. The van der Waals surface area contributed by atoms with E-state index in [0.717, 1.165) is 35.1 Å². The summed E-state index contributed by atoms with van der Waals surface area (Å²) in [5.41, 5.74) is 4.22. The summed E-state index contributed by atoms with van der Waals surface area (Å²) < 4.78 is 62.1. The number of rotatable bonds is 25. The molecule has 3 heterocycles. The van der Waals surface area contributed by atoms with E-state index in [1.807, 2.05) is 0 Å². The summed E-state index contributed by atoms with van der Waals surface area (Å²) in [6, 6.07) is 0. The molecule has 0 saturated carbocycles. The van der Waals surface area contributed by atoms with Crippen molar-refractivity contribution in [3.8, 4) is 0 Å².